The Morgan fingerprint density at radius 3 is 2.46 bits per heavy atom. The fourth-order valence-corrected chi connectivity index (χ4v) is 1.72. The number of pyridine rings is 1. The predicted molar refractivity (Wildman–Crippen MR) is 65.6 cm³/mol. The van der Waals surface area contributed by atoms with Gasteiger partial charge in [-0.2, -0.15) is 0 Å². The third-order valence-corrected chi connectivity index (χ3v) is 4.10. The van der Waals surface area contributed by atoms with E-state index < -0.39 is 0 Å². The second kappa shape index (κ2) is 4.60. The van der Waals surface area contributed by atoms with Crippen molar-refractivity contribution in [2.45, 2.75) is 24.7 Å². The summed E-state index contributed by atoms with van der Waals surface area (Å²) < 4.78 is 0.440. The number of nitrogens with zero attached hydrogens (tertiary/aromatic N) is 1. The zero-order valence-corrected chi connectivity index (χ0v) is 10.9. The van der Waals surface area contributed by atoms with E-state index in [2.05, 4.69) is 41.4 Å². The van der Waals surface area contributed by atoms with E-state index in [0.29, 0.717) is 9.84 Å². The molecule has 0 aliphatic carbocycles. The van der Waals surface area contributed by atoms with Gasteiger partial charge in [-0.25, -0.2) is 0 Å². The summed E-state index contributed by atoms with van der Waals surface area (Å²) in [7, 11) is 0. The molecule has 0 N–H and O–H groups in total. The number of hydrogen-bond acceptors (Lipinski definition) is 1. The smallest absolute Gasteiger partial charge is 0.0555 e. The summed E-state index contributed by atoms with van der Waals surface area (Å²) in [5, 5.41) is 0.782. The fraction of sp³-hybridized carbons (Fsp3) is 0.500. The number of aryl methyl sites for hydroxylation is 1. The molecule has 0 aliphatic heterocycles. The Kier molecular flexibility index (Phi) is 3.98. The zero-order chi connectivity index (χ0) is 10.0. The van der Waals surface area contributed by atoms with Crippen molar-refractivity contribution >= 4 is 34.2 Å². The van der Waals surface area contributed by atoms with Crippen molar-refractivity contribution in [3.05, 3.63) is 28.5 Å². The molecule has 1 rings (SSSR count). The summed E-state index contributed by atoms with van der Waals surface area (Å²) in [6.07, 6.45) is 0. The first-order valence-corrected chi connectivity index (χ1v) is 5.91. The molecule has 1 nitrogen and oxygen atoms in total. The quantitative estimate of drug-likeness (QED) is 0.590. The highest BCUT2D eigenvalue weighted by Crippen LogP contribution is 2.31. The van der Waals surface area contributed by atoms with Crippen LogP contribution in [-0.4, -0.2) is 4.98 Å². The molecule has 1 aromatic rings. The normalized spacial score (nSPS) is 13.4. The first-order valence-electron chi connectivity index (χ1n) is 4.29. The minimum absolute atomic E-state index is 0.440. The topological polar surface area (TPSA) is 12.9 Å². The summed E-state index contributed by atoms with van der Waals surface area (Å²) in [6.45, 7) is 6.35. The van der Waals surface area contributed by atoms with Crippen LogP contribution in [0.3, 0.4) is 0 Å². The van der Waals surface area contributed by atoms with Crippen molar-refractivity contribution in [2.24, 2.45) is 5.92 Å². The molecule has 1 atom stereocenters. The lowest BCUT2D eigenvalue weighted by Gasteiger charge is -2.13. The first-order chi connectivity index (χ1) is 6.00. The molecule has 1 heterocycles. The molecule has 0 unspecified atom stereocenters. The maximum absolute atomic E-state index is 5.96. The van der Waals surface area contributed by atoms with E-state index >= 15 is 0 Å². The lowest BCUT2D eigenvalue weighted by Crippen LogP contribution is -2.02. The van der Waals surface area contributed by atoms with Gasteiger partial charge in [0.15, 0.2) is 0 Å². The Morgan fingerprint density at radius 1 is 1.38 bits per heavy atom. The SMILES string of the molecule is Cc1cc(Cl)cc([C@@H](I)C(C)C)n1. The van der Waals surface area contributed by atoms with Crippen molar-refractivity contribution < 1.29 is 0 Å². The van der Waals surface area contributed by atoms with Gasteiger partial charge in [0.25, 0.3) is 0 Å². The van der Waals surface area contributed by atoms with Crippen LogP contribution in [0.15, 0.2) is 12.1 Å². The molecule has 0 spiro atoms. The number of rotatable bonds is 2. The standard InChI is InChI=1S/C10H13ClIN/c1-6(2)10(12)9-5-8(11)4-7(3)13-9/h4-6,10H,1-3H3/t10-/m0/s1. The van der Waals surface area contributed by atoms with Gasteiger partial charge < -0.3 is 0 Å². The molecule has 0 fully saturated rings. The monoisotopic (exact) mass is 309 g/mol. The highest BCUT2D eigenvalue weighted by atomic mass is 127. The average molecular weight is 310 g/mol. The molecule has 13 heavy (non-hydrogen) atoms. The first kappa shape index (κ1) is 11.2. The lowest BCUT2D eigenvalue weighted by molar-refractivity contribution is 0.638. The summed E-state index contributed by atoms with van der Waals surface area (Å²) in [6, 6.07) is 3.83. The average Bonchev–Trinajstić information content (AvgIpc) is 2.01. The molecule has 0 amide bonds. The molecular weight excluding hydrogens is 296 g/mol. The molecule has 0 saturated heterocycles. The minimum Gasteiger partial charge on any atom is -0.257 e. The van der Waals surface area contributed by atoms with E-state index in [1.165, 1.54) is 0 Å². The van der Waals surface area contributed by atoms with E-state index in [1.807, 2.05) is 19.1 Å². The van der Waals surface area contributed by atoms with Crippen LogP contribution < -0.4 is 0 Å². The van der Waals surface area contributed by atoms with Crippen LogP contribution in [0.25, 0.3) is 0 Å². The molecule has 0 radical (unpaired) electrons. The van der Waals surface area contributed by atoms with E-state index in [0.717, 1.165) is 16.4 Å². The Balaban J connectivity index is 3.01. The lowest BCUT2D eigenvalue weighted by atomic mass is 10.1. The molecule has 0 saturated carbocycles. The van der Waals surface area contributed by atoms with Gasteiger partial charge in [-0.1, -0.05) is 48.0 Å². The van der Waals surface area contributed by atoms with Gasteiger partial charge in [-0.05, 0) is 25.0 Å². The fourth-order valence-electron chi connectivity index (χ4n) is 1.13. The zero-order valence-electron chi connectivity index (χ0n) is 8.01. The Bertz CT molecular complexity index is 279. The van der Waals surface area contributed by atoms with Crippen molar-refractivity contribution in [3.8, 4) is 0 Å². The van der Waals surface area contributed by atoms with Crippen LogP contribution in [0.1, 0.15) is 29.2 Å². The van der Waals surface area contributed by atoms with E-state index in [-0.39, 0.29) is 0 Å². The number of aromatic nitrogens is 1. The van der Waals surface area contributed by atoms with Gasteiger partial charge in [0.05, 0.1) is 9.62 Å². The third-order valence-electron chi connectivity index (χ3n) is 1.81. The summed E-state index contributed by atoms with van der Waals surface area (Å²) in [4.78, 5) is 4.46. The second-order valence-corrected chi connectivity index (χ2v) is 5.28. The summed E-state index contributed by atoms with van der Waals surface area (Å²) >= 11 is 8.37. The Labute approximate surface area is 98.0 Å². The minimum atomic E-state index is 0.440. The summed E-state index contributed by atoms with van der Waals surface area (Å²) in [5.74, 6) is 0.589. The maximum atomic E-state index is 5.96. The van der Waals surface area contributed by atoms with E-state index in [9.17, 15) is 0 Å². The Hall–Kier alpha value is 0.170. The third kappa shape index (κ3) is 3.09. The van der Waals surface area contributed by atoms with Gasteiger partial charge in [0.1, 0.15) is 0 Å². The molecular formula is C10H13ClIN. The van der Waals surface area contributed by atoms with Gasteiger partial charge in [0, 0.05) is 10.7 Å². The van der Waals surface area contributed by atoms with Crippen LogP contribution in [-0.2, 0) is 0 Å². The van der Waals surface area contributed by atoms with Crippen LogP contribution >= 0.6 is 34.2 Å². The molecule has 3 heteroatoms. The number of alkyl halides is 1. The van der Waals surface area contributed by atoms with Crippen molar-refractivity contribution in [1.29, 1.82) is 0 Å². The molecule has 0 aromatic carbocycles. The summed E-state index contributed by atoms with van der Waals surface area (Å²) in [5.41, 5.74) is 2.07. The molecule has 72 valence electrons. The van der Waals surface area contributed by atoms with Gasteiger partial charge in [-0.3, -0.25) is 4.98 Å². The largest absolute Gasteiger partial charge is 0.257 e. The molecule has 1 aromatic heterocycles. The van der Waals surface area contributed by atoms with Crippen LogP contribution in [0.2, 0.25) is 5.02 Å². The predicted octanol–water partition coefficient (Wildman–Crippen LogP) is 4.18. The van der Waals surface area contributed by atoms with Gasteiger partial charge in [0.2, 0.25) is 0 Å². The second-order valence-electron chi connectivity index (χ2n) is 3.50. The van der Waals surface area contributed by atoms with Crippen LogP contribution in [0, 0.1) is 12.8 Å². The van der Waals surface area contributed by atoms with Gasteiger partial charge >= 0.3 is 0 Å². The van der Waals surface area contributed by atoms with Crippen LogP contribution in [0.5, 0.6) is 0 Å². The molecule has 0 aliphatic rings. The number of hydrogen-bond donors (Lipinski definition) is 0. The highest BCUT2D eigenvalue weighted by Gasteiger charge is 2.13. The van der Waals surface area contributed by atoms with Crippen molar-refractivity contribution in [2.75, 3.05) is 0 Å². The highest BCUT2D eigenvalue weighted by molar-refractivity contribution is 14.1. The number of halogens is 2. The van der Waals surface area contributed by atoms with Crippen molar-refractivity contribution in [1.82, 2.24) is 4.98 Å². The van der Waals surface area contributed by atoms with Crippen molar-refractivity contribution in [3.63, 3.8) is 0 Å². The van der Waals surface area contributed by atoms with E-state index in [1.54, 1.807) is 0 Å². The van der Waals surface area contributed by atoms with Crippen LogP contribution in [0.4, 0.5) is 0 Å². The van der Waals surface area contributed by atoms with E-state index in [4.69, 9.17) is 11.6 Å². The maximum Gasteiger partial charge on any atom is 0.0555 e. The Morgan fingerprint density at radius 2 is 2.00 bits per heavy atom. The van der Waals surface area contributed by atoms with Gasteiger partial charge in [-0.15, -0.1) is 0 Å². The molecule has 0 bridgehead atoms.